The first-order valence-electron chi connectivity index (χ1n) is 5.43. The van der Waals surface area contributed by atoms with E-state index in [1.165, 1.54) is 19.2 Å². The maximum absolute atomic E-state index is 10.9. The third-order valence-electron chi connectivity index (χ3n) is 2.45. The Morgan fingerprint density at radius 3 is 2.70 bits per heavy atom. The summed E-state index contributed by atoms with van der Waals surface area (Å²) in [7, 11) is 1.48. The van der Waals surface area contributed by atoms with Crippen LogP contribution in [0, 0.1) is 10.1 Å². The monoisotopic (exact) mass is 313 g/mol. The molecule has 2 rings (SSSR count). The molecule has 0 bridgehead atoms. The second-order valence-corrected chi connectivity index (χ2v) is 4.53. The first-order chi connectivity index (χ1) is 9.51. The van der Waals surface area contributed by atoms with Crippen molar-refractivity contribution in [1.82, 2.24) is 4.98 Å². The third-order valence-corrected chi connectivity index (χ3v) is 2.97. The quantitative estimate of drug-likeness (QED) is 0.523. The van der Waals surface area contributed by atoms with Crippen LogP contribution in [0.1, 0.15) is 0 Å². The van der Waals surface area contributed by atoms with Crippen molar-refractivity contribution in [2.24, 2.45) is 0 Å². The zero-order valence-corrected chi connectivity index (χ0v) is 11.8. The van der Waals surface area contributed by atoms with E-state index in [2.05, 4.69) is 10.3 Å². The minimum absolute atomic E-state index is 0.0480. The zero-order chi connectivity index (χ0) is 14.7. The summed E-state index contributed by atoms with van der Waals surface area (Å²) in [4.78, 5) is 14.3. The summed E-state index contributed by atoms with van der Waals surface area (Å²) in [6.45, 7) is 0. The van der Waals surface area contributed by atoms with Crippen molar-refractivity contribution in [3.8, 4) is 5.75 Å². The summed E-state index contributed by atoms with van der Waals surface area (Å²) in [6.07, 6.45) is 0. The number of ether oxygens (including phenoxy) is 1. The second kappa shape index (κ2) is 5.94. The summed E-state index contributed by atoms with van der Waals surface area (Å²) >= 11 is 11.7. The molecule has 0 radical (unpaired) electrons. The topological polar surface area (TPSA) is 77.3 Å². The molecule has 104 valence electrons. The highest BCUT2D eigenvalue weighted by atomic mass is 35.5. The summed E-state index contributed by atoms with van der Waals surface area (Å²) in [5.74, 6) is 0.494. The predicted molar refractivity (Wildman–Crippen MR) is 77.2 cm³/mol. The van der Waals surface area contributed by atoms with E-state index in [-0.39, 0.29) is 16.7 Å². The van der Waals surface area contributed by atoms with Gasteiger partial charge in [-0.3, -0.25) is 10.1 Å². The predicted octanol–water partition coefficient (Wildman–Crippen LogP) is 4.05. The first kappa shape index (κ1) is 14.4. The molecule has 0 aliphatic carbocycles. The van der Waals surface area contributed by atoms with Crippen molar-refractivity contribution >= 4 is 40.4 Å². The van der Waals surface area contributed by atoms with Crippen LogP contribution in [0.15, 0.2) is 30.3 Å². The molecule has 0 spiro atoms. The average molecular weight is 314 g/mol. The van der Waals surface area contributed by atoms with Gasteiger partial charge in [0.15, 0.2) is 0 Å². The van der Waals surface area contributed by atoms with E-state index >= 15 is 0 Å². The van der Waals surface area contributed by atoms with Gasteiger partial charge in [0, 0.05) is 17.8 Å². The van der Waals surface area contributed by atoms with Gasteiger partial charge in [-0.05, 0) is 18.2 Å². The molecule has 1 aromatic heterocycles. The number of hydrogen-bond acceptors (Lipinski definition) is 5. The lowest BCUT2D eigenvalue weighted by Crippen LogP contribution is -2.00. The van der Waals surface area contributed by atoms with E-state index in [1.807, 2.05) is 0 Å². The SMILES string of the molecule is COc1cc(Nc2nc(Cl)ccc2[N+](=O)[O-])ccc1Cl. The largest absolute Gasteiger partial charge is 0.495 e. The van der Waals surface area contributed by atoms with Gasteiger partial charge in [0.25, 0.3) is 0 Å². The zero-order valence-electron chi connectivity index (χ0n) is 10.3. The van der Waals surface area contributed by atoms with Crippen LogP contribution in [0.3, 0.4) is 0 Å². The van der Waals surface area contributed by atoms with Crippen molar-refractivity contribution in [2.45, 2.75) is 0 Å². The van der Waals surface area contributed by atoms with E-state index in [1.54, 1.807) is 18.2 Å². The lowest BCUT2D eigenvalue weighted by atomic mass is 10.3. The van der Waals surface area contributed by atoms with Crippen LogP contribution in [0.2, 0.25) is 10.2 Å². The van der Waals surface area contributed by atoms with Gasteiger partial charge in [-0.15, -0.1) is 0 Å². The smallest absolute Gasteiger partial charge is 0.311 e. The highest BCUT2D eigenvalue weighted by Crippen LogP contribution is 2.31. The van der Waals surface area contributed by atoms with E-state index in [9.17, 15) is 10.1 Å². The van der Waals surface area contributed by atoms with Gasteiger partial charge in [0.1, 0.15) is 10.9 Å². The Hall–Kier alpha value is -2.05. The lowest BCUT2D eigenvalue weighted by molar-refractivity contribution is -0.384. The van der Waals surface area contributed by atoms with Gasteiger partial charge in [-0.2, -0.15) is 0 Å². The van der Waals surface area contributed by atoms with Crippen LogP contribution in [0.5, 0.6) is 5.75 Å². The fraction of sp³-hybridized carbons (Fsp3) is 0.0833. The molecule has 0 saturated carbocycles. The van der Waals surface area contributed by atoms with Crippen molar-refractivity contribution in [3.05, 3.63) is 50.6 Å². The van der Waals surface area contributed by atoms with Crippen LogP contribution in [0.4, 0.5) is 17.2 Å². The molecular weight excluding hydrogens is 305 g/mol. The molecule has 0 fully saturated rings. The average Bonchev–Trinajstić information content (AvgIpc) is 2.40. The molecule has 0 saturated heterocycles. The molecule has 0 aliphatic rings. The summed E-state index contributed by atoms with van der Waals surface area (Å²) in [6, 6.07) is 7.50. The van der Waals surface area contributed by atoms with Gasteiger partial charge in [0.2, 0.25) is 5.82 Å². The molecule has 1 N–H and O–H groups in total. The number of benzene rings is 1. The molecule has 2 aromatic rings. The standard InChI is InChI=1S/C12H9Cl2N3O3/c1-20-10-6-7(2-3-8(10)13)15-12-9(17(18)19)4-5-11(14)16-12/h2-6H,1H3,(H,15,16). The Bertz CT molecular complexity index is 664. The minimum atomic E-state index is -0.543. The van der Waals surface area contributed by atoms with E-state index < -0.39 is 4.92 Å². The van der Waals surface area contributed by atoms with Crippen molar-refractivity contribution in [2.75, 3.05) is 12.4 Å². The molecule has 0 atom stereocenters. The highest BCUT2D eigenvalue weighted by molar-refractivity contribution is 6.32. The molecule has 1 heterocycles. The number of methoxy groups -OCH3 is 1. The Labute approximate surface area is 124 Å². The van der Waals surface area contributed by atoms with Crippen LogP contribution >= 0.6 is 23.2 Å². The Kier molecular flexibility index (Phi) is 4.26. The second-order valence-electron chi connectivity index (χ2n) is 3.73. The fourth-order valence-corrected chi connectivity index (χ4v) is 1.88. The lowest BCUT2D eigenvalue weighted by Gasteiger charge is -2.09. The molecule has 0 aliphatic heterocycles. The van der Waals surface area contributed by atoms with Crippen LogP contribution < -0.4 is 10.1 Å². The number of nitro groups is 1. The number of anilines is 2. The number of rotatable bonds is 4. The summed E-state index contributed by atoms with van der Waals surface area (Å²) in [5.41, 5.74) is 0.368. The molecule has 0 amide bonds. The van der Waals surface area contributed by atoms with Gasteiger partial charge in [-0.25, -0.2) is 4.98 Å². The molecule has 1 aromatic carbocycles. The third kappa shape index (κ3) is 3.09. The minimum Gasteiger partial charge on any atom is -0.495 e. The normalized spacial score (nSPS) is 10.2. The molecule has 6 nitrogen and oxygen atoms in total. The van der Waals surface area contributed by atoms with Gasteiger partial charge in [-0.1, -0.05) is 23.2 Å². The van der Waals surface area contributed by atoms with Crippen molar-refractivity contribution in [1.29, 1.82) is 0 Å². The highest BCUT2D eigenvalue weighted by Gasteiger charge is 2.16. The number of halogens is 2. The number of aromatic nitrogens is 1. The van der Waals surface area contributed by atoms with Crippen molar-refractivity contribution in [3.63, 3.8) is 0 Å². The van der Waals surface area contributed by atoms with Crippen LogP contribution in [-0.4, -0.2) is 17.0 Å². The molecule has 20 heavy (non-hydrogen) atoms. The maximum Gasteiger partial charge on any atom is 0.311 e. The molecular formula is C12H9Cl2N3O3. The van der Waals surface area contributed by atoms with Crippen molar-refractivity contribution < 1.29 is 9.66 Å². The Morgan fingerprint density at radius 1 is 1.30 bits per heavy atom. The van der Waals surface area contributed by atoms with Crippen LogP contribution in [-0.2, 0) is 0 Å². The number of hydrogen-bond donors (Lipinski definition) is 1. The number of nitrogens with one attached hydrogen (secondary N) is 1. The van der Waals surface area contributed by atoms with E-state index in [4.69, 9.17) is 27.9 Å². The number of pyridine rings is 1. The van der Waals surface area contributed by atoms with E-state index in [0.717, 1.165) is 0 Å². The Balaban J connectivity index is 2.39. The van der Waals surface area contributed by atoms with Gasteiger partial charge < -0.3 is 10.1 Å². The molecule has 0 unspecified atom stereocenters. The van der Waals surface area contributed by atoms with E-state index in [0.29, 0.717) is 16.5 Å². The Morgan fingerprint density at radius 2 is 2.05 bits per heavy atom. The molecule has 8 heteroatoms. The first-order valence-corrected chi connectivity index (χ1v) is 6.18. The summed E-state index contributed by atoms with van der Waals surface area (Å²) < 4.78 is 5.07. The van der Waals surface area contributed by atoms with Gasteiger partial charge >= 0.3 is 5.69 Å². The number of nitrogens with zero attached hydrogens (tertiary/aromatic N) is 2. The summed E-state index contributed by atoms with van der Waals surface area (Å²) in [5, 5.41) is 14.3. The fourth-order valence-electron chi connectivity index (χ4n) is 1.54. The van der Waals surface area contributed by atoms with Gasteiger partial charge in [0.05, 0.1) is 17.1 Å². The van der Waals surface area contributed by atoms with Crippen LogP contribution in [0.25, 0.3) is 0 Å². The maximum atomic E-state index is 10.9.